The van der Waals surface area contributed by atoms with Crippen molar-refractivity contribution in [1.82, 2.24) is 4.98 Å². The molecule has 17 heavy (non-hydrogen) atoms. The van der Waals surface area contributed by atoms with Crippen LogP contribution in [0.25, 0.3) is 0 Å². The second kappa shape index (κ2) is 5.25. The Balaban J connectivity index is 2.19. The first kappa shape index (κ1) is 12.0. The van der Waals surface area contributed by atoms with Crippen molar-refractivity contribution in [2.75, 3.05) is 0 Å². The lowest BCUT2D eigenvalue weighted by Crippen LogP contribution is -2.03. The average Bonchev–Trinajstić information content (AvgIpc) is 2.36. The summed E-state index contributed by atoms with van der Waals surface area (Å²) in [5.74, 6) is -0.470. The highest BCUT2D eigenvalue weighted by molar-refractivity contribution is 6.30. The topological polar surface area (TPSA) is 33.1 Å². The summed E-state index contributed by atoms with van der Waals surface area (Å²) in [6.07, 6.45) is 2.61. The summed E-state index contributed by atoms with van der Waals surface area (Å²) in [7, 11) is 0. The second-order valence-corrected chi connectivity index (χ2v) is 4.12. The van der Waals surface area contributed by atoms with Crippen LogP contribution in [0.2, 0.25) is 5.02 Å². The van der Waals surface area contributed by atoms with Crippen LogP contribution in [-0.4, -0.2) is 10.1 Å². The zero-order valence-corrected chi connectivity index (χ0v) is 9.73. The average molecular weight is 252 g/mol. The maximum atomic E-state index is 13.6. The molecule has 2 nitrogen and oxygen atoms in total. The molecule has 1 N–H and O–H groups in total. The third-order valence-corrected chi connectivity index (χ3v) is 2.83. The molecule has 0 aliphatic carbocycles. The van der Waals surface area contributed by atoms with Gasteiger partial charge in [0.2, 0.25) is 0 Å². The van der Waals surface area contributed by atoms with Gasteiger partial charge in [-0.2, -0.15) is 0 Å². The van der Waals surface area contributed by atoms with Crippen LogP contribution in [0.5, 0.6) is 0 Å². The SMILES string of the molecule is OC(Cc1cccc(Cl)c1F)c1ccncc1. The van der Waals surface area contributed by atoms with Gasteiger partial charge in [0.1, 0.15) is 5.82 Å². The molecule has 1 aromatic carbocycles. The van der Waals surface area contributed by atoms with Crippen LogP contribution in [0.4, 0.5) is 4.39 Å². The normalized spacial score (nSPS) is 12.4. The Morgan fingerprint density at radius 2 is 1.94 bits per heavy atom. The van der Waals surface area contributed by atoms with E-state index in [1.54, 1.807) is 36.7 Å². The first-order chi connectivity index (χ1) is 8.18. The van der Waals surface area contributed by atoms with Crippen molar-refractivity contribution >= 4 is 11.6 Å². The smallest absolute Gasteiger partial charge is 0.145 e. The van der Waals surface area contributed by atoms with E-state index < -0.39 is 11.9 Å². The minimum absolute atomic E-state index is 0.0735. The maximum absolute atomic E-state index is 13.6. The van der Waals surface area contributed by atoms with Crippen LogP contribution < -0.4 is 0 Å². The van der Waals surface area contributed by atoms with Gasteiger partial charge in [0, 0.05) is 18.8 Å². The summed E-state index contributed by atoms with van der Waals surface area (Å²) < 4.78 is 13.6. The van der Waals surface area contributed by atoms with Gasteiger partial charge < -0.3 is 5.11 Å². The predicted octanol–water partition coefficient (Wildman–Crippen LogP) is 3.15. The van der Waals surface area contributed by atoms with Crippen LogP contribution in [-0.2, 0) is 6.42 Å². The maximum Gasteiger partial charge on any atom is 0.145 e. The number of halogens is 2. The molecule has 0 saturated carbocycles. The number of aliphatic hydroxyl groups excluding tert-OH is 1. The molecular formula is C13H11ClFNO. The van der Waals surface area contributed by atoms with Crippen LogP contribution in [0.15, 0.2) is 42.7 Å². The monoisotopic (exact) mass is 251 g/mol. The first-order valence-electron chi connectivity index (χ1n) is 5.19. The molecule has 0 bridgehead atoms. The molecule has 2 aromatic rings. The molecule has 1 unspecified atom stereocenters. The molecule has 2 rings (SSSR count). The molecular weight excluding hydrogens is 241 g/mol. The van der Waals surface area contributed by atoms with Crippen LogP contribution in [0.1, 0.15) is 17.2 Å². The number of hydrogen-bond acceptors (Lipinski definition) is 2. The Morgan fingerprint density at radius 1 is 1.24 bits per heavy atom. The van der Waals surface area contributed by atoms with Crippen LogP contribution >= 0.6 is 11.6 Å². The van der Waals surface area contributed by atoms with Crippen molar-refractivity contribution in [2.45, 2.75) is 12.5 Å². The summed E-state index contributed by atoms with van der Waals surface area (Å²) in [5, 5.41) is 10.0. The predicted molar refractivity (Wildman–Crippen MR) is 64.3 cm³/mol. The number of nitrogens with zero attached hydrogens (tertiary/aromatic N) is 1. The minimum Gasteiger partial charge on any atom is -0.388 e. The van der Waals surface area contributed by atoms with E-state index >= 15 is 0 Å². The van der Waals surface area contributed by atoms with Gasteiger partial charge in [0.15, 0.2) is 0 Å². The fourth-order valence-corrected chi connectivity index (χ4v) is 1.81. The Morgan fingerprint density at radius 3 is 2.65 bits per heavy atom. The van der Waals surface area contributed by atoms with Crippen molar-refractivity contribution in [2.24, 2.45) is 0 Å². The fraction of sp³-hybridized carbons (Fsp3) is 0.154. The number of aliphatic hydroxyl groups is 1. The summed E-state index contributed by atoms with van der Waals surface area (Å²) in [4.78, 5) is 3.86. The van der Waals surface area contributed by atoms with Gasteiger partial charge in [-0.25, -0.2) is 4.39 Å². The highest BCUT2D eigenvalue weighted by atomic mass is 35.5. The van der Waals surface area contributed by atoms with Gasteiger partial charge in [-0.05, 0) is 29.3 Å². The van der Waals surface area contributed by atoms with Gasteiger partial charge >= 0.3 is 0 Å². The number of pyridine rings is 1. The molecule has 0 aliphatic heterocycles. The van der Waals surface area contributed by atoms with Gasteiger partial charge in [-0.1, -0.05) is 23.7 Å². The molecule has 1 atom stereocenters. The zero-order chi connectivity index (χ0) is 12.3. The van der Waals surface area contributed by atoms with E-state index in [4.69, 9.17) is 11.6 Å². The Kier molecular flexibility index (Phi) is 3.71. The van der Waals surface area contributed by atoms with Crippen LogP contribution in [0.3, 0.4) is 0 Å². The summed E-state index contributed by atoms with van der Waals surface area (Å²) in [6.45, 7) is 0. The molecule has 0 fully saturated rings. The largest absolute Gasteiger partial charge is 0.388 e. The third kappa shape index (κ3) is 2.81. The molecule has 88 valence electrons. The van der Waals surface area contributed by atoms with Crippen molar-refractivity contribution in [3.8, 4) is 0 Å². The van der Waals surface area contributed by atoms with Gasteiger partial charge in [-0.15, -0.1) is 0 Å². The molecule has 1 aromatic heterocycles. The lowest BCUT2D eigenvalue weighted by molar-refractivity contribution is 0.177. The second-order valence-electron chi connectivity index (χ2n) is 3.71. The van der Waals surface area contributed by atoms with E-state index in [0.29, 0.717) is 11.1 Å². The number of benzene rings is 1. The van der Waals surface area contributed by atoms with E-state index in [9.17, 15) is 9.50 Å². The molecule has 0 amide bonds. The molecule has 0 radical (unpaired) electrons. The number of hydrogen-bond donors (Lipinski definition) is 1. The quantitative estimate of drug-likeness (QED) is 0.909. The minimum atomic E-state index is -0.758. The summed E-state index contributed by atoms with van der Waals surface area (Å²) in [5.41, 5.74) is 1.11. The van der Waals surface area contributed by atoms with E-state index in [1.165, 1.54) is 6.07 Å². The molecule has 0 saturated heterocycles. The highest BCUT2D eigenvalue weighted by Crippen LogP contribution is 2.23. The fourth-order valence-electron chi connectivity index (χ4n) is 1.62. The van der Waals surface area contributed by atoms with Gasteiger partial charge in [0.05, 0.1) is 11.1 Å². The van der Waals surface area contributed by atoms with E-state index in [1.807, 2.05) is 0 Å². The molecule has 0 spiro atoms. The van der Waals surface area contributed by atoms with E-state index in [0.717, 1.165) is 0 Å². The van der Waals surface area contributed by atoms with Crippen molar-refractivity contribution in [3.05, 3.63) is 64.7 Å². The Labute approximate surface area is 104 Å². The van der Waals surface area contributed by atoms with E-state index in [-0.39, 0.29) is 11.4 Å². The standard InChI is InChI=1S/C13H11ClFNO/c14-11-3-1-2-10(13(11)15)8-12(17)9-4-6-16-7-5-9/h1-7,12,17H,8H2. The highest BCUT2D eigenvalue weighted by Gasteiger charge is 2.12. The molecule has 4 heteroatoms. The Hall–Kier alpha value is -1.45. The zero-order valence-electron chi connectivity index (χ0n) is 8.98. The summed E-state index contributed by atoms with van der Waals surface area (Å²) >= 11 is 5.68. The number of rotatable bonds is 3. The lowest BCUT2D eigenvalue weighted by atomic mass is 10.0. The third-order valence-electron chi connectivity index (χ3n) is 2.54. The van der Waals surface area contributed by atoms with Gasteiger partial charge in [-0.3, -0.25) is 4.98 Å². The van der Waals surface area contributed by atoms with Crippen molar-refractivity contribution < 1.29 is 9.50 Å². The lowest BCUT2D eigenvalue weighted by Gasteiger charge is -2.11. The van der Waals surface area contributed by atoms with Crippen molar-refractivity contribution in [1.29, 1.82) is 0 Å². The van der Waals surface area contributed by atoms with E-state index in [2.05, 4.69) is 4.98 Å². The Bertz CT molecular complexity index is 504. The van der Waals surface area contributed by atoms with Gasteiger partial charge in [0.25, 0.3) is 0 Å². The summed E-state index contributed by atoms with van der Waals surface area (Å²) in [6, 6.07) is 8.17. The van der Waals surface area contributed by atoms with Crippen molar-refractivity contribution in [3.63, 3.8) is 0 Å². The van der Waals surface area contributed by atoms with Crippen LogP contribution in [0, 0.1) is 5.82 Å². The molecule has 0 aliphatic rings. The first-order valence-corrected chi connectivity index (χ1v) is 5.57. The number of aromatic nitrogens is 1. The molecule has 1 heterocycles.